The number of ether oxygens (including phenoxy) is 3. The van der Waals surface area contributed by atoms with Gasteiger partial charge in [-0.15, -0.1) is 0 Å². The number of hydrogen-bond donors (Lipinski definition) is 2. The molecule has 0 aliphatic heterocycles. The Balaban J connectivity index is 1.65. The molecule has 0 fully saturated rings. The van der Waals surface area contributed by atoms with Crippen LogP contribution >= 0.6 is 11.6 Å². The number of carbonyl (C=O) groups is 2. The molecule has 0 saturated carbocycles. The summed E-state index contributed by atoms with van der Waals surface area (Å²) in [5.41, 5.74) is 3.22. The molecule has 37 heavy (non-hydrogen) atoms. The number of non-ortho nitro benzene ring substituents is 1. The fourth-order valence-corrected chi connectivity index (χ4v) is 3.34. The Kier molecular flexibility index (Phi) is 9.39. The number of halogens is 1. The normalized spacial score (nSPS) is 10.6. The van der Waals surface area contributed by atoms with Gasteiger partial charge in [0, 0.05) is 23.4 Å². The lowest BCUT2D eigenvalue weighted by Crippen LogP contribution is -2.20. The maximum absolute atomic E-state index is 12.3. The van der Waals surface area contributed by atoms with Crippen molar-refractivity contribution in [2.45, 2.75) is 6.92 Å². The second-order valence-electron chi connectivity index (χ2n) is 7.33. The number of benzene rings is 3. The summed E-state index contributed by atoms with van der Waals surface area (Å²) in [6.07, 6.45) is 1.32. The number of nitrogens with one attached hydrogen (secondary N) is 2. The Bertz CT molecular complexity index is 1310. The highest BCUT2D eigenvalue weighted by atomic mass is 35.5. The number of carbonyl (C=O) groups excluding carboxylic acids is 2. The van der Waals surface area contributed by atoms with Crippen molar-refractivity contribution >= 4 is 41.0 Å². The lowest BCUT2D eigenvalue weighted by Gasteiger charge is -2.14. The standard InChI is InChI=1S/C25H23ClN4O7/c1-3-36-22-12-16(14-27-29-25(32)17-5-4-6-19(13-17)30(33)34)11-21(26)24(22)37-15-23(31)28-18-7-9-20(35-2)10-8-18/h4-14H,3,15H2,1-2H3,(H,28,31)(H,29,32)/b27-14+. The quantitative estimate of drug-likeness (QED) is 0.214. The molecule has 192 valence electrons. The number of nitro benzene ring substituents is 1. The highest BCUT2D eigenvalue weighted by molar-refractivity contribution is 6.32. The van der Waals surface area contributed by atoms with Crippen LogP contribution in [-0.4, -0.2) is 43.3 Å². The van der Waals surface area contributed by atoms with E-state index in [0.717, 1.165) is 6.07 Å². The molecule has 0 spiro atoms. The van der Waals surface area contributed by atoms with Crippen molar-refractivity contribution in [1.29, 1.82) is 0 Å². The van der Waals surface area contributed by atoms with E-state index in [2.05, 4.69) is 15.8 Å². The average Bonchev–Trinajstić information content (AvgIpc) is 2.89. The molecule has 3 rings (SSSR count). The van der Waals surface area contributed by atoms with E-state index in [4.69, 9.17) is 25.8 Å². The Morgan fingerprint density at radius 3 is 2.54 bits per heavy atom. The molecule has 0 atom stereocenters. The Morgan fingerprint density at radius 2 is 1.86 bits per heavy atom. The average molecular weight is 527 g/mol. The van der Waals surface area contributed by atoms with Gasteiger partial charge in [-0.25, -0.2) is 5.43 Å². The second kappa shape index (κ2) is 12.9. The maximum atomic E-state index is 12.3. The van der Waals surface area contributed by atoms with Gasteiger partial charge < -0.3 is 19.5 Å². The number of anilines is 1. The number of rotatable bonds is 11. The van der Waals surface area contributed by atoms with Gasteiger partial charge in [0.05, 0.1) is 29.9 Å². The molecule has 3 aromatic carbocycles. The number of methoxy groups -OCH3 is 1. The highest BCUT2D eigenvalue weighted by Gasteiger charge is 2.15. The maximum Gasteiger partial charge on any atom is 0.271 e. The molecule has 0 radical (unpaired) electrons. The van der Waals surface area contributed by atoms with E-state index >= 15 is 0 Å². The Morgan fingerprint density at radius 1 is 1.11 bits per heavy atom. The van der Waals surface area contributed by atoms with Crippen LogP contribution in [0, 0.1) is 10.1 Å². The van der Waals surface area contributed by atoms with Crippen LogP contribution < -0.4 is 25.0 Å². The molecule has 11 nitrogen and oxygen atoms in total. The summed E-state index contributed by atoms with van der Waals surface area (Å²) in [5.74, 6) is 0.0802. The van der Waals surface area contributed by atoms with Crippen molar-refractivity contribution < 1.29 is 28.7 Å². The molecule has 2 N–H and O–H groups in total. The number of hydrogen-bond acceptors (Lipinski definition) is 8. The molecule has 0 aliphatic carbocycles. The van der Waals surface area contributed by atoms with Crippen molar-refractivity contribution in [3.05, 3.63) is 86.9 Å². The summed E-state index contributed by atoms with van der Waals surface area (Å²) in [6, 6.07) is 15.2. The van der Waals surface area contributed by atoms with Gasteiger partial charge >= 0.3 is 0 Å². The van der Waals surface area contributed by atoms with Gasteiger partial charge in [0.2, 0.25) is 0 Å². The Hall–Kier alpha value is -4.64. The van der Waals surface area contributed by atoms with E-state index < -0.39 is 16.7 Å². The third-order valence-corrected chi connectivity index (χ3v) is 5.03. The van der Waals surface area contributed by atoms with E-state index in [-0.39, 0.29) is 34.4 Å². The summed E-state index contributed by atoms with van der Waals surface area (Å²) < 4.78 is 16.3. The van der Waals surface area contributed by atoms with Gasteiger partial charge in [0.1, 0.15) is 5.75 Å². The van der Waals surface area contributed by atoms with Crippen molar-refractivity contribution in [2.24, 2.45) is 5.10 Å². The summed E-state index contributed by atoms with van der Waals surface area (Å²) in [4.78, 5) is 34.9. The van der Waals surface area contributed by atoms with Crippen molar-refractivity contribution in [3.63, 3.8) is 0 Å². The first-order valence-corrected chi connectivity index (χ1v) is 11.3. The molecule has 0 bridgehead atoms. The van der Waals surface area contributed by atoms with Crippen LogP contribution in [-0.2, 0) is 4.79 Å². The topological polar surface area (TPSA) is 141 Å². The number of amides is 2. The summed E-state index contributed by atoms with van der Waals surface area (Å²) >= 11 is 6.37. The first-order chi connectivity index (χ1) is 17.8. The first-order valence-electron chi connectivity index (χ1n) is 10.9. The minimum Gasteiger partial charge on any atom is -0.497 e. The zero-order valence-electron chi connectivity index (χ0n) is 19.9. The summed E-state index contributed by atoms with van der Waals surface area (Å²) in [5, 5.41) is 17.6. The number of nitro groups is 1. The van der Waals surface area contributed by atoms with E-state index in [9.17, 15) is 19.7 Å². The lowest BCUT2D eigenvalue weighted by atomic mass is 10.2. The summed E-state index contributed by atoms with van der Waals surface area (Å²) in [7, 11) is 1.55. The first kappa shape index (κ1) is 27.0. The van der Waals surface area contributed by atoms with Gasteiger partial charge in [-0.05, 0) is 55.0 Å². The van der Waals surface area contributed by atoms with Crippen LogP contribution in [0.1, 0.15) is 22.8 Å². The minimum absolute atomic E-state index is 0.0797. The second-order valence-corrected chi connectivity index (χ2v) is 7.74. The third-order valence-electron chi connectivity index (χ3n) is 4.75. The smallest absolute Gasteiger partial charge is 0.271 e. The van der Waals surface area contributed by atoms with Crippen LogP contribution in [0.3, 0.4) is 0 Å². The molecular weight excluding hydrogens is 504 g/mol. The van der Waals surface area contributed by atoms with Crippen LogP contribution in [0.4, 0.5) is 11.4 Å². The highest BCUT2D eigenvalue weighted by Crippen LogP contribution is 2.36. The molecular formula is C25H23ClN4O7. The van der Waals surface area contributed by atoms with Gasteiger partial charge in [-0.1, -0.05) is 17.7 Å². The van der Waals surface area contributed by atoms with Gasteiger partial charge in [0.15, 0.2) is 18.1 Å². The minimum atomic E-state index is -0.626. The van der Waals surface area contributed by atoms with E-state index in [1.165, 1.54) is 30.5 Å². The predicted octanol–water partition coefficient (Wildman–Crippen LogP) is 4.44. The third kappa shape index (κ3) is 7.67. The largest absolute Gasteiger partial charge is 0.497 e. The molecule has 3 aromatic rings. The zero-order chi connectivity index (χ0) is 26.8. The number of nitrogens with zero attached hydrogens (tertiary/aromatic N) is 2. The Labute approximate surface area is 217 Å². The van der Waals surface area contributed by atoms with E-state index in [0.29, 0.717) is 23.6 Å². The van der Waals surface area contributed by atoms with E-state index in [1.807, 2.05) is 0 Å². The molecule has 0 aliphatic rings. The molecule has 2 amide bonds. The fraction of sp³-hybridized carbons (Fsp3) is 0.160. The van der Waals surface area contributed by atoms with Crippen molar-refractivity contribution in [3.8, 4) is 17.2 Å². The predicted molar refractivity (Wildman–Crippen MR) is 138 cm³/mol. The molecule has 12 heteroatoms. The zero-order valence-corrected chi connectivity index (χ0v) is 20.7. The SMILES string of the molecule is CCOc1cc(/C=N/NC(=O)c2cccc([N+](=O)[O-])c2)cc(Cl)c1OCC(=O)Nc1ccc(OC)cc1. The molecule has 0 aromatic heterocycles. The van der Waals surface area contributed by atoms with E-state index in [1.54, 1.807) is 44.4 Å². The van der Waals surface area contributed by atoms with Crippen LogP contribution in [0.5, 0.6) is 17.2 Å². The van der Waals surface area contributed by atoms with Gasteiger partial charge in [-0.2, -0.15) is 5.10 Å². The lowest BCUT2D eigenvalue weighted by molar-refractivity contribution is -0.384. The van der Waals surface area contributed by atoms with Crippen molar-refractivity contribution in [1.82, 2.24) is 5.43 Å². The van der Waals surface area contributed by atoms with Crippen molar-refractivity contribution in [2.75, 3.05) is 25.6 Å². The van der Waals surface area contributed by atoms with Gasteiger partial charge in [-0.3, -0.25) is 19.7 Å². The van der Waals surface area contributed by atoms with Crippen LogP contribution in [0.25, 0.3) is 0 Å². The fourth-order valence-electron chi connectivity index (χ4n) is 3.07. The summed E-state index contributed by atoms with van der Waals surface area (Å²) in [6.45, 7) is 1.75. The molecule has 0 saturated heterocycles. The number of hydrazone groups is 1. The van der Waals surface area contributed by atoms with Crippen LogP contribution in [0.2, 0.25) is 5.02 Å². The monoisotopic (exact) mass is 526 g/mol. The van der Waals surface area contributed by atoms with Gasteiger partial charge in [0.25, 0.3) is 17.5 Å². The van der Waals surface area contributed by atoms with Crippen LogP contribution in [0.15, 0.2) is 65.8 Å². The molecule has 0 unspecified atom stereocenters. The molecule has 0 heterocycles.